The molecule has 146 valence electrons. The highest BCUT2D eigenvalue weighted by molar-refractivity contribution is 5.81. The number of amides is 1. The molecule has 1 N–H and O–H groups in total. The van der Waals surface area contributed by atoms with E-state index in [1.807, 2.05) is 12.1 Å². The standard InChI is InChI=1S/C21H33NO4/c1-14(2)17(18(23)24)22(8)19(25)26-16-11-9-15(10-12-16)21(6,7)13-20(3,4)5/h9-12,14,17H,13H2,1-8H3,(H,23,24)/t17-/m0/s1. The van der Waals surface area contributed by atoms with E-state index >= 15 is 0 Å². The van der Waals surface area contributed by atoms with Crippen LogP contribution in [0.3, 0.4) is 0 Å². The number of ether oxygens (including phenoxy) is 1. The number of benzene rings is 1. The Morgan fingerprint density at radius 1 is 1.08 bits per heavy atom. The number of carbonyl (C=O) groups is 2. The van der Waals surface area contributed by atoms with Crippen LogP contribution in [0.4, 0.5) is 4.79 Å². The molecule has 0 aliphatic heterocycles. The molecule has 1 rings (SSSR count). The molecule has 0 heterocycles. The number of carboxylic acid groups (broad SMARTS) is 1. The molecule has 0 bridgehead atoms. The lowest BCUT2D eigenvalue weighted by atomic mass is 9.72. The summed E-state index contributed by atoms with van der Waals surface area (Å²) in [5.41, 5.74) is 1.38. The van der Waals surface area contributed by atoms with Crippen molar-refractivity contribution in [3.05, 3.63) is 29.8 Å². The number of nitrogens with zero attached hydrogens (tertiary/aromatic N) is 1. The fourth-order valence-electron chi connectivity index (χ4n) is 3.59. The Morgan fingerprint density at radius 3 is 1.96 bits per heavy atom. The summed E-state index contributed by atoms with van der Waals surface area (Å²) in [5, 5.41) is 9.30. The lowest BCUT2D eigenvalue weighted by Gasteiger charge is -2.33. The predicted octanol–water partition coefficient (Wildman–Crippen LogP) is 4.94. The maximum absolute atomic E-state index is 12.3. The molecule has 1 atom stereocenters. The molecule has 1 amide bonds. The summed E-state index contributed by atoms with van der Waals surface area (Å²) < 4.78 is 5.35. The second kappa shape index (κ2) is 8.11. The molecule has 5 nitrogen and oxygen atoms in total. The second-order valence-electron chi connectivity index (χ2n) is 9.15. The van der Waals surface area contributed by atoms with Crippen molar-refractivity contribution in [3.8, 4) is 5.75 Å². The van der Waals surface area contributed by atoms with Crippen molar-refractivity contribution in [2.45, 2.75) is 66.3 Å². The first-order valence-corrected chi connectivity index (χ1v) is 9.02. The van der Waals surface area contributed by atoms with Crippen LogP contribution in [0.25, 0.3) is 0 Å². The van der Waals surface area contributed by atoms with Gasteiger partial charge in [0, 0.05) is 7.05 Å². The molecular formula is C21H33NO4. The van der Waals surface area contributed by atoms with Gasteiger partial charge in [0.25, 0.3) is 0 Å². The monoisotopic (exact) mass is 363 g/mol. The van der Waals surface area contributed by atoms with Crippen LogP contribution in [-0.4, -0.2) is 35.2 Å². The highest BCUT2D eigenvalue weighted by Crippen LogP contribution is 2.36. The van der Waals surface area contributed by atoms with Gasteiger partial charge in [-0.15, -0.1) is 0 Å². The summed E-state index contributed by atoms with van der Waals surface area (Å²) in [5.74, 6) is -0.852. The molecule has 0 aromatic heterocycles. The second-order valence-corrected chi connectivity index (χ2v) is 9.15. The van der Waals surface area contributed by atoms with Gasteiger partial charge in [-0.2, -0.15) is 0 Å². The summed E-state index contributed by atoms with van der Waals surface area (Å²) in [4.78, 5) is 24.8. The molecule has 0 saturated carbocycles. The molecule has 1 aromatic carbocycles. The zero-order valence-corrected chi connectivity index (χ0v) is 17.3. The maximum atomic E-state index is 12.3. The Kier molecular flexibility index (Phi) is 6.86. The van der Waals surface area contributed by atoms with Gasteiger partial charge in [-0.25, -0.2) is 9.59 Å². The van der Waals surface area contributed by atoms with E-state index in [9.17, 15) is 14.7 Å². The molecule has 0 spiro atoms. The number of hydrogen-bond acceptors (Lipinski definition) is 3. The van der Waals surface area contributed by atoms with Crippen molar-refractivity contribution in [1.82, 2.24) is 4.90 Å². The highest BCUT2D eigenvalue weighted by Gasteiger charge is 2.31. The summed E-state index contributed by atoms with van der Waals surface area (Å²) in [6.07, 6.45) is 0.351. The van der Waals surface area contributed by atoms with E-state index < -0.39 is 18.1 Å². The quantitative estimate of drug-likeness (QED) is 0.777. The number of carbonyl (C=O) groups excluding carboxylic acids is 1. The first-order valence-electron chi connectivity index (χ1n) is 9.02. The maximum Gasteiger partial charge on any atom is 0.415 e. The fraction of sp³-hybridized carbons (Fsp3) is 0.619. The molecule has 0 aliphatic carbocycles. The minimum Gasteiger partial charge on any atom is -0.480 e. The number of aliphatic carboxylic acids is 1. The summed E-state index contributed by atoms with van der Waals surface area (Å²) in [6, 6.07) is 6.53. The Morgan fingerprint density at radius 2 is 1.58 bits per heavy atom. The van der Waals surface area contributed by atoms with Crippen molar-refractivity contribution >= 4 is 12.1 Å². The van der Waals surface area contributed by atoms with Gasteiger partial charge >= 0.3 is 12.1 Å². The van der Waals surface area contributed by atoms with Gasteiger partial charge in [-0.1, -0.05) is 60.6 Å². The topological polar surface area (TPSA) is 66.8 Å². The lowest BCUT2D eigenvalue weighted by molar-refractivity contribution is -0.143. The Hall–Kier alpha value is -2.04. The highest BCUT2D eigenvalue weighted by atomic mass is 16.6. The van der Waals surface area contributed by atoms with Crippen LogP contribution in [0.15, 0.2) is 24.3 Å². The molecule has 0 aliphatic rings. The van der Waals surface area contributed by atoms with Crippen LogP contribution in [0.5, 0.6) is 5.75 Å². The predicted molar refractivity (Wildman–Crippen MR) is 104 cm³/mol. The summed E-state index contributed by atoms with van der Waals surface area (Å²) in [6.45, 7) is 14.6. The third-order valence-electron chi connectivity index (χ3n) is 4.40. The number of rotatable bonds is 6. The van der Waals surface area contributed by atoms with Gasteiger partial charge in [-0.3, -0.25) is 4.90 Å². The molecule has 0 fully saturated rings. The van der Waals surface area contributed by atoms with Gasteiger partial charge in [0.1, 0.15) is 11.8 Å². The largest absolute Gasteiger partial charge is 0.480 e. The van der Waals surface area contributed by atoms with Crippen LogP contribution in [0, 0.1) is 11.3 Å². The van der Waals surface area contributed by atoms with Gasteiger partial charge in [-0.05, 0) is 40.9 Å². The average molecular weight is 363 g/mol. The molecule has 0 unspecified atom stereocenters. The van der Waals surface area contributed by atoms with Crippen molar-refractivity contribution < 1.29 is 19.4 Å². The Bertz CT molecular complexity index is 626. The minimum absolute atomic E-state index is 0.00360. The summed E-state index contributed by atoms with van der Waals surface area (Å²) >= 11 is 0. The van der Waals surface area contributed by atoms with Crippen LogP contribution in [0.2, 0.25) is 0 Å². The molecule has 5 heteroatoms. The van der Waals surface area contributed by atoms with E-state index in [4.69, 9.17) is 4.74 Å². The third kappa shape index (κ3) is 6.04. The molecular weight excluding hydrogens is 330 g/mol. The average Bonchev–Trinajstić information content (AvgIpc) is 2.44. The number of hydrogen-bond donors (Lipinski definition) is 1. The Balaban J connectivity index is 2.87. The first kappa shape index (κ1) is 22.0. The van der Waals surface area contributed by atoms with E-state index in [0.29, 0.717) is 5.75 Å². The van der Waals surface area contributed by atoms with Crippen molar-refractivity contribution in [1.29, 1.82) is 0 Å². The van der Waals surface area contributed by atoms with Crippen LogP contribution >= 0.6 is 0 Å². The smallest absolute Gasteiger partial charge is 0.415 e. The first-order chi connectivity index (χ1) is 11.7. The third-order valence-corrected chi connectivity index (χ3v) is 4.40. The van der Waals surface area contributed by atoms with E-state index in [1.165, 1.54) is 12.6 Å². The van der Waals surface area contributed by atoms with E-state index in [0.717, 1.165) is 11.3 Å². The van der Waals surface area contributed by atoms with Gasteiger partial charge in [0.05, 0.1) is 0 Å². The number of likely N-dealkylation sites (N-methyl/N-ethyl adjacent to an activating group) is 1. The Labute approximate surface area is 157 Å². The fourth-order valence-corrected chi connectivity index (χ4v) is 3.59. The van der Waals surface area contributed by atoms with E-state index in [1.54, 1.807) is 26.0 Å². The van der Waals surface area contributed by atoms with Crippen molar-refractivity contribution in [2.75, 3.05) is 7.05 Å². The van der Waals surface area contributed by atoms with Crippen molar-refractivity contribution in [2.24, 2.45) is 11.3 Å². The zero-order valence-electron chi connectivity index (χ0n) is 17.3. The van der Waals surface area contributed by atoms with Crippen LogP contribution in [0.1, 0.15) is 60.5 Å². The normalized spacial score (nSPS) is 13.4. The zero-order chi connectivity index (χ0) is 20.3. The van der Waals surface area contributed by atoms with Crippen molar-refractivity contribution in [3.63, 3.8) is 0 Å². The van der Waals surface area contributed by atoms with E-state index in [-0.39, 0.29) is 16.7 Å². The summed E-state index contributed by atoms with van der Waals surface area (Å²) in [7, 11) is 1.45. The molecule has 0 radical (unpaired) electrons. The van der Waals surface area contributed by atoms with Gasteiger partial charge < -0.3 is 9.84 Å². The lowest BCUT2D eigenvalue weighted by Crippen LogP contribution is -2.46. The van der Waals surface area contributed by atoms with Crippen LogP contribution < -0.4 is 4.74 Å². The number of carboxylic acids is 1. The minimum atomic E-state index is -1.04. The molecule has 1 aromatic rings. The van der Waals surface area contributed by atoms with Gasteiger partial charge in [0.15, 0.2) is 0 Å². The van der Waals surface area contributed by atoms with Crippen LogP contribution in [-0.2, 0) is 10.2 Å². The molecule has 26 heavy (non-hydrogen) atoms. The molecule has 0 saturated heterocycles. The SMILES string of the molecule is CC(C)[C@@H](C(=O)O)N(C)C(=O)Oc1ccc(C(C)(C)CC(C)(C)C)cc1. The van der Waals surface area contributed by atoms with Gasteiger partial charge in [0.2, 0.25) is 0 Å². The van der Waals surface area contributed by atoms with E-state index in [2.05, 4.69) is 34.6 Å².